The normalized spacial score (nSPS) is 10.4. The van der Waals surface area contributed by atoms with Crippen molar-refractivity contribution in [2.24, 2.45) is 0 Å². The van der Waals surface area contributed by atoms with Gasteiger partial charge in [0, 0.05) is 39.1 Å². The van der Waals surface area contributed by atoms with Crippen molar-refractivity contribution in [3.63, 3.8) is 0 Å². The Kier molecular flexibility index (Phi) is 7.67. The van der Waals surface area contributed by atoms with E-state index in [0.29, 0.717) is 12.2 Å². The first-order chi connectivity index (χ1) is 12.8. The molecule has 27 heavy (non-hydrogen) atoms. The molecule has 0 atom stereocenters. The maximum atomic E-state index is 12.8. The third-order valence-electron chi connectivity index (χ3n) is 3.88. The molecule has 0 fully saturated rings. The molecular weight excluding hydrogens is 365 g/mol. The Morgan fingerprint density at radius 3 is 2.19 bits per heavy atom. The van der Waals surface area contributed by atoms with E-state index >= 15 is 0 Å². The number of benzene rings is 2. The Labute approximate surface area is 163 Å². The van der Waals surface area contributed by atoms with Crippen molar-refractivity contribution >= 4 is 35.0 Å². The van der Waals surface area contributed by atoms with Crippen LogP contribution in [0.15, 0.2) is 48.5 Å². The Hall–Kier alpha value is -2.54. The Morgan fingerprint density at radius 1 is 0.963 bits per heavy atom. The van der Waals surface area contributed by atoms with E-state index in [4.69, 9.17) is 0 Å². The van der Waals surface area contributed by atoms with Crippen molar-refractivity contribution in [2.45, 2.75) is 6.54 Å². The quantitative estimate of drug-likeness (QED) is 0.753. The van der Waals surface area contributed by atoms with Gasteiger partial charge in [-0.1, -0.05) is 12.1 Å². The van der Waals surface area contributed by atoms with Crippen molar-refractivity contribution in [3.8, 4) is 0 Å². The summed E-state index contributed by atoms with van der Waals surface area (Å²) in [6.07, 6.45) is 0. The van der Waals surface area contributed by atoms with Crippen LogP contribution in [0, 0.1) is 5.82 Å². The molecule has 144 valence electrons. The summed E-state index contributed by atoms with van der Waals surface area (Å²) in [7, 11) is 5.71. The van der Waals surface area contributed by atoms with Crippen LogP contribution in [0.4, 0.5) is 15.8 Å². The van der Waals surface area contributed by atoms with Crippen molar-refractivity contribution in [2.75, 3.05) is 42.9 Å². The van der Waals surface area contributed by atoms with Crippen LogP contribution in [0.5, 0.6) is 0 Å². The molecule has 0 unspecified atom stereocenters. The molecule has 0 aliphatic heterocycles. The molecule has 1 N–H and O–H groups in total. The van der Waals surface area contributed by atoms with Gasteiger partial charge in [-0.05, 0) is 42.0 Å². The lowest BCUT2D eigenvalue weighted by Gasteiger charge is -2.18. The summed E-state index contributed by atoms with van der Waals surface area (Å²) in [6, 6.07) is 13.6. The fourth-order valence-electron chi connectivity index (χ4n) is 2.33. The van der Waals surface area contributed by atoms with E-state index in [1.807, 2.05) is 43.3 Å². The van der Waals surface area contributed by atoms with E-state index in [1.54, 1.807) is 11.9 Å². The number of thioether (sulfide) groups is 1. The molecule has 0 spiro atoms. The maximum Gasteiger partial charge on any atom is 0.234 e. The average Bonchev–Trinajstić information content (AvgIpc) is 2.64. The van der Waals surface area contributed by atoms with E-state index in [9.17, 15) is 14.0 Å². The van der Waals surface area contributed by atoms with E-state index in [2.05, 4.69) is 5.32 Å². The predicted molar refractivity (Wildman–Crippen MR) is 110 cm³/mol. The Morgan fingerprint density at radius 2 is 1.59 bits per heavy atom. The lowest BCUT2D eigenvalue weighted by molar-refractivity contribution is -0.127. The van der Waals surface area contributed by atoms with Gasteiger partial charge < -0.3 is 15.1 Å². The number of rotatable bonds is 8. The average molecular weight is 389 g/mol. The Balaban J connectivity index is 1.72. The van der Waals surface area contributed by atoms with E-state index in [-0.39, 0.29) is 29.1 Å². The molecule has 0 aliphatic carbocycles. The second kappa shape index (κ2) is 9.97. The van der Waals surface area contributed by atoms with Gasteiger partial charge in [0.15, 0.2) is 0 Å². The number of halogens is 1. The largest absolute Gasteiger partial charge is 0.378 e. The standard InChI is InChI=1S/C20H24FN3O2S/c1-23(2)18-10-4-15(5-11-18)12-24(3)20(26)14-27-13-19(25)22-17-8-6-16(21)7-9-17/h4-11H,12-14H2,1-3H3,(H,22,25). The van der Waals surface area contributed by atoms with Crippen molar-refractivity contribution in [1.82, 2.24) is 4.90 Å². The molecule has 0 aromatic heterocycles. The minimum Gasteiger partial charge on any atom is -0.378 e. The number of anilines is 2. The van der Waals surface area contributed by atoms with Crippen molar-refractivity contribution in [1.29, 1.82) is 0 Å². The summed E-state index contributed by atoms with van der Waals surface area (Å²) >= 11 is 1.25. The molecule has 0 radical (unpaired) electrons. The third kappa shape index (κ3) is 6.94. The first-order valence-corrected chi connectivity index (χ1v) is 9.64. The zero-order chi connectivity index (χ0) is 19.8. The van der Waals surface area contributed by atoms with Gasteiger partial charge >= 0.3 is 0 Å². The number of carbonyl (C=O) groups excluding carboxylic acids is 2. The van der Waals surface area contributed by atoms with E-state index in [1.165, 1.54) is 36.0 Å². The summed E-state index contributed by atoms with van der Waals surface area (Å²) in [5.41, 5.74) is 2.69. The maximum absolute atomic E-state index is 12.8. The molecule has 0 heterocycles. The van der Waals surface area contributed by atoms with Gasteiger partial charge in [-0.15, -0.1) is 11.8 Å². The highest BCUT2D eigenvalue weighted by atomic mass is 32.2. The van der Waals surface area contributed by atoms with E-state index in [0.717, 1.165) is 11.3 Å². The third-order valence-corrected chi connectivity index (χ3v) is 4.80. The molecule has 0 saturated carbocycles. The molecule has 0 saturated heterocycles. The molecular formula is C20H24FN3O2S. The lowest BCUT2D eigenvalue weighted by atomic mass is 10.2. The summed E-state index contributed by atoms with van der Waals surface area (Å²) < 4.78 is 12.8. The number of hydrogen-bond donors (Lipinski definition) is 1. The number of nitrogens with one attached hydrogen (secondary N) is 1. The number of nitrogens with zero attached hydrogens (tertiary/aromatic N) is 2. The zero-order valence-electron chi connectivity index (χ0n) is 15.7. The first-order valence-electron chi connectivity index (χ1n) is 8.48. The molecule has 2 aromatic carbocycles. The predicted octanol–water partition coefficient (Wildman–Crippen LogP) is 3.22. The van der Waals surface area contributed by atoms with Gasteiger partial charge in [0.1, 0.15) is 5.82 Å². The minimum atomic E-state index is -0.354. The van der Waals surface area contributed by atoms with Crippen molar-refractivity contribution < 1.29 is 14.0 Å². The van der Waals surface area contributed by atoms with Crippen LogP contribution >= 0.6 is 11.8 Å². The highest BCUT2D eigenvalue weighted by molar-refractivity contribution is 8.00. The highest BCUT2D eigenvalue weighted by Gasteiger charge is 2.11. The summed E-state index contributed by atoms with van der Waals surface area (Å²) in [5, 5.41) is 2.67. The molecule has 2 amide bonds. The summed E-state index contributed by atoms with van der Waals surface area (Å²) in [4.78, 5) is 27.8. The van der Waals surface area contributed by atoms with Gasteiger partial charge in [-0.25, -0.2) is 4.39 Å². The Bertz CT molecular complexity index is 764. The first kappa shape index (κ1) is 20.8. The number of hydrogen-bond acceptors (Lipinski definition) is 4. The smallest absolute Gasteiger partial charge is 0.234 e. The van der Waals surface area contributed by atoms with Crippen LogP contribution in [0.2, 0.25) is 0 Å². The van der Waals surface area contributed by atoms with Crippen LogP contribution in [0.25, 0.3) is 0 Å². The SMILES string of the molecule is CN(Cc1ccc(N(C)C)cc1)C(=O)CSCC(=O)Nc1ccc(F)cc1. The minimum absolute atomic E-state index is 0.0359. The monoisotopic (exact) mass is 389 g/mol. The number of amides is 2. The van der Waals surface area contributed by atoms with Gasteiger partial charge in [-0.3, -0.25) is 9.59 Å². The van der Waals surface area contributed by atoms with Crippen LogP contribution < -0.4 is 10.2 Å². The van der Waals surface area contributed by atoms with Crippen LogP contribution in [-0.4, -0.2) is 49.4 Å². The summed E-state index contributed by atoms with van der Waals surface area (Å²) in [6.45, 7) is 0.523. The molecule has 2 rings (SSSR count). The highest BCUT2D eigenvalue weighted by Crippen LogP contribution is 2.14. The van der Waals surface area contributed by atoms with Gasteiger partial charge in [0.05, 0.1) is 11.5 Å². The molecule has 7 heteroatoms. The molecule has 2 aromatic rings. The fourth-order valence-corrected chi connectivity index (χ4v) is 3.09. The van der Waals surface area contributed by atoms with Crippen LogP contribution in [-0.2, 0) is 16.1 Å². The van der Waals surface area contributed by atoms with Gasteiger partial charge in [0.2, 0.25) is 11.8 Å². The topological polar surface area (TPSA) is 52.7 Å². The van der Waals surface area contributed by atoms with Crippen LogP contribution in [0.3, 0.4) is 0 Å². The number of carbonyl (C=O) groups is 2. The summed E-state index contributed by atoms with van der Waals surface area (Å²) in [5.74, 6) is -0.225. The van der Waals surface area contributed by atoms with E-state index < -0.39 is 0 Å². The molecule has 0 aliphatic rings. The van der Waals surface area contributed by atoms with Crippen LogP contribution in [0.1, 0.15) is 5.56 Å². The van der Waals surface area contributed by atoms with Gasteiger partial charge in [-0.2, -0.15) is 0 Å². The second-order valence-corrected chi connectivity index (χ2v) is 7.34. The second-order valence-electron chi connectivity index (χ2n) is 6.36. The molecule has 0 bridgehead atoms. The molecule has 5 nitrogen and oxygen atoms in total. The zero-order valence-corrected chi connectivity index (χ0v) is 16.6. The lowest BCUT2D eigenvalue weighted by Crippen LogP contribution is -2.28. The van der Waals surface area contributed by atoms with Gasteiger partial charge in [0.25, 0.3) is 0 Å². The van der Waals surface area contributed by atoms with Crippen molar-refractivity contribution in [3.05, 3.63) is 59.9 Å². The fraction of sp³-hybridized carbons (Fsp3) is 0.300.